The van der Waals surface area contributed by atoms with E-state index in [1.807, 2.05) is 6.92 Å². The molecule has 1 N–H and O–H groups in total. The molecule has 0 unspecified atom stereocenters. The molecular weight excluding hydrogens is 342 g/mol. The monoisotopic (exact) mass is 369 g/mol. The first-order chi connectivity index (χ1) is 13.1. The number of rotatable bonds is 7. The Morgan fingerprint density at radius 2 is 2.11 bits per heavy atom. The Kier molecular flexibility index (Phi) is 6.34. The van der Waals surface area contributed by atoms with Crippen molar-refractivity contribution in [2.45, 2.75) is 45.4 Å². The molecule has 0 aromatic carbocycles. The molecule has 1 saturated heterocycles. The minimum Gasteiger partial charge on any atom is -0.303 e. The third-order valence-corrected chi connectivity index (χ3v) is 5.08. The number of aromatic nitrogens is 4. The first kappa shape index (κ1) is 19.2. The number of aromatic amines is 1. The number of carbonyl (C=O) groups is 1. The number of aldehydes is 1. The van der Waals surface area contributed by atoms with E-state index in [4.69, 9.17) is 0 Å². The van der Waals surface area contributed by atoms with Crippen molar-refractivity contribution in [2.75, 3.05) is 19.6 Å². The SMILES string of the molecule is C/C=C\C=C(/CC)CN1CCC(c2cc(=O)n3[nH]c(CC=O)nc3n2)CC1. The van der Waals surface area contributed by atoms with Gasteiger partial charge in [0.15, 0.2) is 0 Å². The second-order valence-electron chi connectivity index (χ2n) is 6.95. The highest BCUT2D eigenvalue weighted by Crippen LogP contribution is 2.26. The molecule has 0 radical (unpaired) electrons. The molecule has 7 nitrogen and oxygen atoms in total. The molecule has 2 aromatic rings. The van der Waals surface area contributed by atoms with Crippen LogP contribution in [-0.2, 0) is 11.2 Å². The summed E-state index contributed by atoms with van der Waals surface area (Å²) in [5, 5.41) is 2.83. The third kappa shape index (κ3) is 4.60. The second kappa shape index (κ2) is 8.90. The standard InChI is InChI=1S/C20H27N5O2/c1-3-5-6-15(4-2)14-24-10-7-16(8-11-24)17-13-19(27)25-20(21-17)22-18(23-25)9-12-26/h3,5-6,12-13,16H,4,7-11,14H2,1-2H3,(H,21,22,23)/b5-3-,15-6+. The van der Waals surface area contributed by atoms with Crippen LogP contribution >= 0.6 is 0 Å². The largest absolute Gasteiger partial charge is 0.303 e. The lowest BCUT2D eigenvalue weighted by Gasteiger charge is -2.32. The molecule has 0 amide bonds. The van der Waals surface area contributed by atoms with E-state index in [2.05, 4.69) is 45.1 Å². The van der Waals surface area contributed by atoms with E-state index >= 15 is 0 Å². The number of likely N-dealkylation sites (tertiary alicyclic amines) is 1. The van der Waals surface area contributed by atoms with E-state index in [1.54, 1.807) is 6.07 Å². The van der Waals surface area contributed by atoms with Crippen LogP contribution in [0.25, 0.3) is 5.78 Å². The molecule has 3 rings (SSSR count). The molecule has 7 heteroatoms. The molecule has 0 bridgehead atoms. The van der Waals surface area contributed by atoms with Gasteiger partial charge in [0.1, 0.15) is 12.1 Å². The highest BCUT2D eigenvalue weighted by molar-refractivity contribution is 5.53. The fourth-order valence-corrected chi connectivity index (χ4v) is 3.51. The van der Waals surface area contributed by atoms with Gasteiger partial charge in [-0.25, -0.2) is 4.98 Å². The average Bonchev–Trinajstić information content (AvgIpc) is 3.09. The number of hydrogen-bond donors (Lipinski definition) is 1. The number of carbonyl (C=O) groups excluding carboxylic acids is 1. The predicted octanol–water partition coefficient (Wildman–Crippen LogP) is 2.25. The summed E-state index contributed by atoms with van der Waals surface area (Å²) >= 11 is 0. The Bertz CT molecular complexity index is 901. The van der Waals surface area contributed by atoms with Gasteiger partial charge in [0.05, 0.1) is 12.1 Å². The van der Waals surface area contributed by atoms with Crippen LogP contribution in [0, 0.1) is 0 Å². The summed E-state index contributed by atoms with van der Waals surface area (Å²) < 4.78 is 1.30. The van der Waals surface area contributed by atoms with Crippen molar-refractivity contribution in [3.63, 3.8) is 0 Å². The molecule has 1 fully saturated rings. The van der Waals surface area contributed by atoms with E-state index in [0.717, 1.165) is 50.9 Å². The Labute approximate surface area is 158 Å². The van der Waals surface area contributed by atoms with Crippen molar-refractivity contribution in [2.24, 2.45) is 0 Å². The fourth-order valence-electron chi connectivity index (χ4n) is 3.51. The number of allylic oxidation sites excluding steroid dienone is 3. The number of piperidine rings is 1. The van der Waals surface area contributed by atoms with E-state index in [1.165, 1.54) is 10.1 Å². The zero-order chi connectivity index (χ0) is 19.2. The molecule has 1 aliphatic rings. The first-order valence-electron chi connectivity index (χ1n) is 9.59. The zero-order valence-corrected chi connectivity index (χ0v) is 16.0. The quantitative estimate of drug-likeness (QED) is 0.598. The van der Waals surface area contributed by atoms with Crippen LogP contribution in [0.5, 0.6) is 0 Å². The van der Waals surface area contributed by atoms with Crippen molar-refractivity contribution < 1.29 is 4.79 Å². The number of fused-ring (bicyclic) bond motifs is 1. The summed E-state index contributed by atoms with van der Waals surface area (Å²) in [4.78, 5) is 34.3. The van der Waals surface area contributed by atoms with Crippen LogP contribution in [0.3, 0.4) is 0 Å². The van der Waals surface area contributed by atoms with Crippen LogP contribution in [0.15, 0.2) is 34.7 Å². The summed E-state index contributed by atoms with van der Waals surface area (Å²) in [5.74, 6) is 1.08. The number of H-pyrrole nitrogens is 1. The molecule has 2 aromatic heterocycles. The molecule has 0 atom stereocenters. The van der Waals surface area contributed by atoms with Gasteiger partial charge >= 0.3 is 0 Å². The summed E-state index contributed by atoms with van der Waals surface area (Å²) in [5.41, 5.74) is 2.07. The maximum atomic E-state index is 12.3. The van der Waals surface area contributed by atoms with Crippen molar-refractivity contribution in [1.82, 2.24) is 24.5 Å². The van der Waals surface area contributed by atoms with Crippen molar-refractivity contribution in [3.8, 4) is 0 Å². The maximum Gasteiger partial charge on any atom is 0.274 e. The first-order valence-corrected chi connectivity index (χ1v) is 9.59. The smallest absolute Gasteiger partial charge is 0.274 e. The minimum atomic E-state index is -0.176. The van der Waals surface area contributed by atoms with Gasteiger partial charge in [0, 0.05) is 18.5 Å². The average molecular weight is 369 g/mol. The Morgan fingerprint density at radius 1 is 1.33 bits per heavy atom. The number of hydrogen-bond acceptors (Lipinski definition) is 5. The van der Waals surface area contributed by atoms with Crippen molar-refractivity contribution in [3.05, 3.63) is 51.7 Å². The molecule has 0 saturated carbocycles. The summed E-state index contributed by atoms with van der Waals surface area (Å²) in [7, 11) is 0. The molecule has 0 aliphatic carbocycles. The van der Waals surface area contributed by atoms with Gasteiger partial charge in [0.25, 0.3) is 11.3 Å². The second-order valence-corrected chi connectivity index (χ2v) is 6.95. The molecule has 1 aliphatic heterocycles. The summed E-state index contributed by atoms with van der Waals surface area (Å²) in [6, 6.07) is 1.60. The molecule has 144 valence electrons. The van der Waals surface area contributed by atoms with E-state index < -0.39 is 0 Å². The minimum absolute atomic E-state index is 0.150. The number of nitrogens with one attached hydrogen (secondary N) is 1. The summed E-state index contributed by atoms with van der Waals surface area (Å²) in [6.45, 7) is 7.21. The molecular formula is C20H27N5O2. The van der Waals surface area contributed by atoms with Crippen LogP contribution in [0.2, 0.25) is 0 Å². The zero-order valence-electron chi connectivity index (χ0n) is 16.0. The van der Waals surface area contributed by atoms with E-state index in [0.29, 0.717) is 11.6 Å². The molecule has 0 spiro atoms. The highest BCUT2D eigenvalue weighted by atomic mass is 16.1. The Morgan fingerprint density at radius 3 is 2.78 bits per heavy atom. The van der Waals surface area contributed by atoms with Gasteiger partial charge in [-0.3, -0.25) is 14.8 Å². The van der Waals surface area contributed by atoms with Crippen LogP contribution < -0.4 is 5.56 Å². The van der Waals surface area contributed by atoms with Crippen molar-refractivity contribution in [1.29, 1.82) is 0 Å². The predicted molar refractivity (Wildman–Crippen MR) is 105 cm³/mol. The maximum absolute atomic E-state index is 12.3. The Hall–Kier alpha value is -2.54. The topological polar surface area (TPSA) is 83.4 Å². The van der Waals surface area contributed by atoms with E-state index in [-0.39, 0.29) is 17.9 Å². The van der Waals surface area contributed by atoms with Crippen LogP contribution in [0.1, 0.15) is 50.5 Å². The lowest BCUT2D eigenvalue weighted by Crippen LogP contribution is -2.35. The lowest BCUT2D eigenvalue weighted by atomic mass is 9.93. The number of nitrogens with zero attached hydrogens (tertiary/aromatic N) is 4. The Balaban J connectivity index is 1.68. The normalized spacial score (nSPS) is 17.2. The van der Waals surface area contributed by atoms with Crippen LogP contribution in [-0.4, -0.2) is 50.4 Å². The van der Waals surface area contributed by atoms with Gasteiger partial charge in [-0.05, 0) is 39.3 Å². The van der Waals surface area contributed by atoms with Gasteiger partial charge < -0.3 is 4.79 Å². The highest BCUT2D eigenvalue weighted by Gasteiger charge is 2.23. The summed E-state index contributed by atoms with van der Waals surface area (Å²) in [6.07, 6.45) is 10.3. The van der Waals surface area contributed by atoms with Gasteiger partial charge in [-0.2, -0.15) is 9.50 Å². The van der Waals surface area contributed by atoms with E-state index in [9.17, 15) is 9.59 Å². The molecule has 27 heavy (non-hydrogen) atoms. The van der Waals surface area contributed by atoms with Gasteiger partial charge in [-0.15, -0.1) is 0 Å². The fraction of sp³-hybridized carbons (Fsp3) is 0.500. The van der Waals surface area contributed by atoms with Crippen molar-refractivity contribution >= 4 is 12.1 Å². The molecule has 3 heterocycles. The third-order valence-electron chi connectivity index (χ3n) is 5.08. The lowest BCUT2D eigenvalue weighted by molar-refractivity contribution is -0.107. The van der Waals surface area contributed by atoms with Gasteiger partial charge in [0.2, 0.25) is 0 Å². The van der Waals surface area contributed by atoms with Gasteiger partial charge in [-0.1, -0.05) is 30.7 Å². The van der Waals surface area contributed by atoms with Crippen LogP contribution in [0.4, 0.5) is 0 Å².